The van der Waals surface area contributed by atoms with Crippen LogP contribution in [0.15, 0.2) is 48.5 Å². The predicted octanol–water partition coefficient (Wildman–Crippen LogP) is 3.19. The van der Waals surface area contributed by atoms with E-state index in [4.69, 9.17) is 0 Å². The van der Waals surface area contributed by atoms with Crippen LogP contribution >= 0.6 is 0 Å². The van der Waals surface area contributed by atoms with Gasteiger partial charge in [0.25, 0.3) is 0 Å². The summed E-state index contributed by atoms with van der Waals surface area (Å²) >= 11 is 0. The van der Waals surface area contributed by atoms with Crippen molar-refractivity contribution in [2.75, 3.05) is 19.6 Å². The molecule has 3 saturated heterocycles. The quantitative estimate of drug-likeness (QED) is 0.732. The average molecular weight is 441 g/mol. The molecule has 0 radical (unpaired) electrons. The van der Waals surface area contributed by atoms with Gasteiger partial charge < -0.3 is 9.80 Å². The Kier molecular flexibility index (Phi) is 4.77. The fraction of sp³-hybridized carbons (Fsp3) is 0.444. The molecule has 1 aliphatic carbocycles. The summed E-state index contributed by atoms with van der Waals surface area (Å²) in [5.41, 5.74) is 4.88. The summed E-state index contributed by atoms with van der Waals surface area (Å²) in [7, 11) is 0. The molecule has 6 nitrogen and oxygen atoms in total. The van der Waals surface area contributed by atoms with Crippen LogP contribution in [0, 0.1) is 17.2 Å². The zero-order valence-corrected chi connectivity index (χ0v) is 18.9. The summed E-state index contributed by atoms with van der Waals surface area (Å²) in [5.74, 6) is 0.00994. The van der Waals surface area contributed by atoms with Crippen LogP contribution < -0.4 is 0 Å². The second kappa shape index (κ2) is 7.71. The molecular weight excluding hydrogens is 412 g/mol. The van der Waals surface area contributed by atoms with Crippen LogP contribution in [0.2, 0.25) is 0 Å². The molecule has 0 saturated carbocycles. The fourth-order valence-electron chi connectivity index (χ4n) is 6.54. The minimum atomic E-state index is -0.297. The van der Waals surface area contributed by atoms with Crippen molar-refractivity contribution in [3.8, 4) is 17.2 Å². The Morgan fingerprint density at radius 2 is 1.79 bits per heavy atom. The standard InChI is InChI=1S/C27H28N4O2/c1-17(26(32)30-12-6-7-18(30)14-28)15-29-16-19-13-24(29)27(33)31(19)25-22-10-4-2-8-20(22)21-9-3-5-11-23(21)25/h2-5,8-11,17-19,24-25H,6-7,12-13,15-16H2,1H3/t17-,18-,19-,24-/m0/s1. The summed E-state index contributed by atoms with van der Waals surface area (Å²) in [6.07, 6.45) is 2.48. The molecule has 2 amide bonds. The molecule has 0 N–H and O–H groups in total. The fourth-order valence-corrected chi connectivity index (χ4v) is 6.54. The number of rotatable bonds is 4. The number of nitrogens with zero attached hydrogens (tertiary/aromatic N) is 4. The Bertz CT molecular complexity index is 1130. The van der Waals surface area contributed by atoms with E-state index in [0.29, 0.717) is 13.1 Å². The smallest absolute Gasteiger partial charge is 0.241 e. The lowest BCUT2D eigenvalue weighted by atomic mass is 10.0. The number of fused-ring (bicyclic) bond motifs is 5. The zero-order valence-electron chi connectivity index (χ0n) is 18.9. The molecule has 4 aliphatic rings. The van der Waals surface area contributed by atoms with Crippen molar-refractivity contribution < 1.29 is 9.59 Å². The minimum Gasteiger partial charge on any atom is -0.326 e. The molecule has 3 heterocycles. The maximum absolute atomic E-state index is 13.6. The number of hydrogen-bond acceptors (Lipinski definition) is 4. The highest BCUT2D eigenvalue weighted by atomic mass is 16.2. The topological polar surface area (TPSA) is 67.7 Å². The van der Waals surface area contributed by atoms with Crippen molar-refractivity contribution in [2.24, 2.45) is 5.92 Å². The number of carbonyl (C=O) groups is 2. The normalized spacial score (nSPS) is 27.0. The maximum atomic E-state index is 13.6. The number of hydrogen-bond donors (Lipinski definition) is 0. The van der Waals surface area contributed by atoms with Gasteiger partial charge in [-0.3, -0.25) is 14.5 Å². The monoisotopic (exact) mass is 440 g/mol. The second-order valence-electron chi connectivity index (χ2n) is 9.90. The highest BCUT2D eigenvalue weighted by Crippen LogP contribution is 2.50. The van der Waals surface area contributed by atoms with E-state index < -0.39 is 0 Å². The SMILES string of the molecule is C[C@@H](CN1C[C@@H]2C[C@H]1C(=O)N2C1c2ccccc2-c2ccccc21)C(=O)N1CCC[C@H]1C#N. The molecule has 168 valence electrons. The van der Waals surface area contributed by atoms with Crippen LogP contribution in [-0.2, 0) is 9.59 Å². The van der Waals surface area contributed by atoms with E-state index in [1.165, 1.54) is 22.3 Å². The predicted molar refractivity (Wildman–Crippen MR) is 124 cm³/mol. The van der Waals surface area contributed by atoms with E-state index >= 15 is 0 Å². The van der Waals surface area contributed by atoms with Crippen LogP contribution in [0.1, 0.15) is 43.4 Å². The molecule has 2 aromatic carbocycles. The molecule has 0 spiro atoms. The first-order valence-corrected chi connectivity index (χ1v) is 12.0. The second-order valence-corrected chi connectivity index (χ2v) is 9.90. The van der Waals surface area contributed by atoms with E-state index in [1.807, 2.05) is 6.92 Å². The van der Waals surface area contributed by atoms with Crippen molar-refractivity contribution in [1.82, 2.24) is 14.7 Å². The molecular formula is C27H28N4O2. The highest BCUT2D eigenvalue weighted by molar-refractivity contribution is 5.89. The lowest BCUT2D eigenvalue weighted by molar-refractivity contribution is -0.141. The average Bonchev–Trinajstić information content (AvgIpc) is 3.60. The third-order valence-electron chi connectivity index (χ3n) is 8.01. The van der Waals surface area contributed by atoms with Crippen LogP contribution in [0.3, 0.4) is 0 Å². The molecule has 0 aromatic heterocycles. The first-order valence-electron chi connectivity index (χ1n) is 12.0. The molecule has 4 atom stereocenters. The van der Waals surface area contributed by atoms with Crippen LogP contribution in [0.25, 0.3) is 11.1 Å². The van der Waals surface area contributed by atoms with E-state index in [9.17, 15) is 14.9 Å². The number of benzene rings is 2. The lowest BCUT2D eigenvalue weighted by Crippen LogP contribution is -2.53. The Labute approximate surface area is 194 Å². The molecule has 0 unspecified atom stereocenters. The molecule has 2 aromatic rings. The van der Waals surface area contributed by atoms with Gasteiger partial charge >= 0.3 is 0 Å². The summed E-state index contributed by atoms with van der Waals surface area (Å²) in [6, 6.07) is 18.8. The van der Waals surface area contributed by atoms with E-state index in [0.717, 1.165) is 25.8 Å². The van der Waals surface area contributed by atoms with Crippen molar-refractivity contribution in [3.63, 3.8) is 0 Å². The van der Waals surface area contributed by atoms with Gasteiger partial charge in [0, 0.05) is 31.6 Å². The van der Waals surface area contributed by atoms with Gasteiger partial charge in [-0.25, -0.2) is 0 Å². The van der Waals surface area contributed by atoms with Crippen molar-refractivity contribution in [1.29, 1.82) is 5.26 Å². The summed E-state index contributed by atoms with van der Waals surface area (Å²) in [6.45, 7) is 3.98. The molecule has 33 heavy (non-hydrogen) atoms. The number of carbonyl (C=O) groups excluding carboxylic acids is 2. The summed E-state index contributed by atoms with van der Waals surface area (Å²) in [5, 5.41) is 9.34. The maximum Gasteiger partial charge on any atom is 0.241 e. The number of likely N-dealkylation sites (tertiary alicyclic amines) is 3. The Hall–Kier alpha value is -3.17. The van der Waals surface area contributed by atoms with Crippen molar-refractivity contribution in [3.05, 3.63) is 59.7 Å². The van der Waals surface area contributed by atoms with Crippen LogP contribution in [0.5, 0.6) is 0 Å². The van der Waals surface area contributed by atoms with E-state index in [-0.39, 0.29) is 41.9 Å². The third-order valence-corrected chi connectivity index (χ3v) is 8.01. The molecule has 6 rings (SSSR count). The molecule has 3 fully saturated rings. The Balaban J connectivity index is 1.21. The zero-order chi connectivity index (χ0) is 22.7. The lowest BCUT2D eigenvalue weighted by Gasteiger charge is -2.39. The van der Waals surface area contributed by atoms with Gasteiger partial charge in [-0.05, 0) is 41.5 Å². The number of nitriles is 1. The minimum absolute atomic E-state index is 0.0258. The number of piperazine rings is 1. The first kappa shape index (κ1) is 20.4. The van der Waals surface area contributed by atoms with Gasteiger partial charge in [0.1, 0.15) is 6.04 Å². The Morgan fingerprint density at radius 3 is 2.42 bits per heavy atom. The van der Waals surface area contributed by atoms with Crippen molar-refractivity contribution in [2.45, 2.75) is 50.4 Å². The highest BCUT2D eigenvalue weighted by Gasteiger charge is 2.53. The van der Waals surface area contributed by atoms with Gasteiger partial charge in [-0.15, -0.1) is 0 Å². The van der Waals surface area contributed by atoms with Gasteiger partial charge in [-0.2, -0.15) is 5.26 Å². The molecule has 2 bridgehead atoms. The van der Waals surface area contributed by atoms with Gasteiger partial charge in [0.15, 0.2) is 0 Å². The van der Waals surface area contributed by atoms with Crippen LogP contribution in [0.4, 0.5) is 0 Å². The largest absolute Gasteiger partial charge is 0.326 e. The summed E-state index contributed by atoms with van der Waals surface area (Å²) in [4.78, 5) is 32.7. The van der Waals surface area contributed by atoms with E-state index in [1.54, 1.807) is 4.90 Å². The first-order chi connectivity index (χ1) is 16.1. The van der Waals surface area contributed by atoms with Gasteiger partial charge in [0.2, 0.25) is 11.8 Å². The molecule has 3 aliphatic heterocycles. The third kappa shape index (κ3) is 3.02. The van der Waals surface area contributed by atoms with Gasteiger partial charge in [0.05, 0.1) is 18.2 Å². The van der Waals surface area contributed by atoms with Gasteiger partial charge in [-0.1, -0.05) is 55.5 Å². The molecule has 6 heteroatoms. The van der Waals surface area contributed by atoms with E-state index in [2.05, 4.69) is 64.4 Å². The van der Waals surface area contributed by atoms with Crippen LogP contribution in [-0.4, -0.2) is 64.3 Å². The van der Waals surface area contributed by atoms with Crippen molar-refractivity contribution >= 4 is 11.8 Å². The number of amides is 2. The Morgan fingerprint density at radius 1 is 1.12 bits per heavy atom. The summed E-state index contributed by atoms with van der Waals surface area (Å²) < 4.78 is 0.